The fourth-order valence-corrected chi connectivity index (χ4v) is 3.98. The number of nitrogens with one attached hydrogen (secondary N) is 2. The van der Waals surface area contributed by atoms with Crippen LogP contribution in [0.1, 0.15) is 41.9 Å². The molecule has 2 aliphatic rings. The van der Waals surface area contributed by atoms with Crippen molar-refractivity contribution in [3.05, 3.63) is 35.7 Å². The standard InChI is InChI=1S/C18H23N5O/c1-11-19-17(22-21-11)12-4-3-5-13(8-12)18(24)23(2)16-9-14-6-7-15(10-16)20-14/h3-5,8,14-16,20H,6-7,9-10H2,1-2H3,(H,19,21,22). The molecule has 24 heavy (non-hydrogen) atoms. The van der Waals surface area contributed by atoms with E-state index in [9.17, 15) is 4.79 Å². The topological polar surface area (TPSA) is 73.9 Å². The first kappa shape index (κ1) is 15.3. The molecule has 2 aromatic rings. The summed E-state index contributed by atoms with van der Waals surface area (Å²) in [5.74, 6) is 1.48. The van der Waals surface area contributed by atoms with Crippen molar-refractivity contribution in [1.82, 2.24) is 25.4 Å². The van der Waals surface area contributed by atoms with Crippen molar-refractivity contribution in [3.8, 4) is 11.4 Å². The highest BCUT2D eigenvalue weighted by atomic mass is 16.2. The Morgan fingerprint density at radius 1 is 1.25 bits per heavy atom. The van der Waals surface area contributed by atoms with Crippen LogP contribution in [-0.2, 0) is 0 Å². The molecular formula is C18H23N5O. The molecule has 0 radical (unpaired) electrons. The summed E-state index contributed by atoms with van der Waals surface area (Å²) in [7, 11) is 1.93. The molecule has 6 nitrogen and oxygen atoms in total. The Hall–Kier alpha value is -2.21. The lowest BCUT2D eigenvalue weighted by Gasteiger charge is -2.35. The maximum absolute atomic E-state index is 12.9. The zero-order valence-corrected chi connectivity index (χ0v) is 14.1. The molecule has 3 heterocycles. The van der Waals surface area contributed by atoms with Crippen LogP contribution < -0.4 is 5.32 Å². The van der Waals surface area contributed by atoms with Gasteiger partial charge in [-0.2, -0.15) is 5.10 Å². The van der Waals surface area contributed by atoms with Crippen LogP contribution in [0.5, 0.6) is 0 Å². The molecule has 1 aromatic carbocycles. The van der Waals surface area contributed by atoms with Crippen LogP contribution >= 0.6 is 0 Å². The second-order valence-corrected chi connectivity index (χ2v) is 7.00. The van der Waals surface area contributed by atoms with Gasteiger partial charge in [0.25, 0.3) is 5.91 Å². The lowest BCUT2D eigenvalue weighted by atomic mass is 9.97. The third-order valence-electron chi connectivity index (χ3n) is 5.28. The summed E-state index contributed by atoms with van der Waals surface area (Å²) in [6.45, 7) is 1.87. The Morgan fingerprint density at radius 2 is 2.00 bits per heavy atom. The maximum Gasteiger partial charge on any atom is 0.253 e. The average Bonchev–Trinajstić information content (AvgIpc) is 3.18. The fourth-order valence-electron chi connectivity index (χ4n) is 3.98. The Morgan fingerprint density at radius 3 is 2.67 bits per heavy atom. The zero-order chi connectivity index (χ0) is 16.7. The monoisotopic (exact) mass is 325 g/mol. The van der Waals surface area contributed by atoms with Gasteiger partial charge in [0.15, 0.2) is 5.82 Å². The lowest BCUT2D eigenvalue weighted by molar-refractivity contribution is 0.0682. The zero-order valence-electron chi connectivity index (χ0n) is 14.1. The molecule has 2 bridgehead atoms. The van der Waals surface area contributed by atoms with Gasteiger partial charge in [0.05, 0.1) is 0 Å². The van der Waals surface area contributed by atoms with E-state index >= 15 is 0 Å². The highest BCUT2D eigenvalue weighted by Crippen LogP contribution is 2.30. The lowest BCUT2D eigenvalue weighted by Crippen LogP contribution is -2.48. The normalized spacial score (nSPS) is 25.7. The minimum absolute atomic E-state index is 0.0791. The molecule has 1 amide bonds. The summed E-state index contributed by atoms with van der Waals surface area (Å²) in [5.41, 5.74) is 1.56. The Labute approximate surface area is 141 Å². The van der Waals surface area contributed by atoms with Crippen molar-refractivity contribution in [3.63, 3.8) is 0 Å². The predicted octanol–water partition coefficient (Wildman–Crippen LogP) is 2.14. The van der Waals surface area contributed by atoms with Gasteiger partial charge in [-0.15, -0.1) is 0 Å². The molecule has 2 N–H and O–H groups in total. The number of nitrogens with zero attached hydrogens (tertiary/aromatic N) is 3. The van der Waals surface area contributed by atoms with Gasteiger partial charge in [-0.05, 0) is 44.7 Å². The summed E-state index contributed by atoms with van der Waals surface area (Å²) in [4.78, 5) is 19.2. The van der Waals surface area contributed by atoms with Crippen LogP contribution in [0.4, 0.5) is 0 Å². The first-order valence-electron chi connectivity index (χ1n) is 8.63. The number of carbonyl (C=O) groups excluding carboxylic acids is 1. The first-order chi connectivity index (χ1) is 11.6. The largest absolute Gasteiger partial charge is 0.339 e. The molecule has 0 aliphatic carbocycles. The summed E-state index contributed by atoms with van der Waals surface area (Å²) < 4.78 is 0. The van der Waals surface area contributed by atoms with Crippen molar-refractivity contribution in [1.29, 1.82) is 0 Å². The van der Waals surface area contributed by atoms with E-state index in [0.717, 1.165) is 24.2 Å². The number of hydrogen-bond acceptors (Lipinski definition) is 4. The van der Waals surface area contributed by atoms with Gasteiger partial charge in [-0.3, -0.25) is 9.89 Å². The molecule has 2 aliphatic heterocycles. The third-order valence-corrected chi connectivity index (χ3v) is 5.28. The van der Waals surface area contributed by atoms with E-state index in [1.165, 1.54) is 12.8 Å². The molecule has 4 rings (SSSR count). The molecule has 1 aromatic heterocycles. The molecule has 6 heteroatoms. The van der Waals surface area contributed by atoms with E-state index in [1.54, 1.807) is 0 Å². The maximum atomic E-state index is 12.9. The number of piperidine rings is 1. The van der Waals surface area contributed by atoms with Crippen molar-refractivity contribution >= 4 is 5.91 Å². The molecule has 2 unspecified atom stereocenters. The van der Waals surface area contributed by atoms with Crippen LogP contribution in [0, 0.1) is 6.92 Å². The highest BCUT2D eigenvalue weighted by molar-refractivity contribution is 5.95. The SMILES string of the molecule is Cc1nc(-c2cccc(C(=O)N(C)C3CC4CCC(C3)N4)c2)n[nH]1. The van der Waals surface area contributed by atoms with Gasteiger partial charge in [0.2, 0.25) is 0 Å². The van der Waals surface area contributed by atoms with Crippen LogP contribution in [0.15, 0.2) is 24.3 Å². The number of hydrogen-bond donors (Lipinski definition) is 2. The van der Waals surface area contributed by atoms with E-state index in [4.69, 9.17) is 0 Å². The minimum Gasteiger partial charge on any atom is -0.339 e. The van der Waals surface area contributed by atoms with E-state index in [0.29, 0.717) is 29.5 Å². The van der Waals surface area contributed by atoms with Gasteiger partial charge in [-0.25, -0.2) is 4.98 Å². The van der Waals surface area contributed by atoms with Crippen LogP contribution in [0.3, 0.4) is 0 Å². The number of aryl methyl sites for hydroxylation is 1. The van der Waals surface area contributed by atoms with Crippen molar-refractivity contribution in [2.75, 3.05) is 7.05 Å². The number of aromatic amines is 1. The van der Waals surface area contributed by atoms with Gasteiger partial charge >= 0.3 is 0 Å². The van der Waals surface area contributed by atoms with Gasteiger partial charge in [0.1, 0.15) is 5.82 Å². The minimum atomic E-state index is 0.0791. The van der Waals surface area contributed by atoms with E-state index in [1.807, 2.05) is 43.1 Å². The van der Waals surface area contributed by atoms with Crippen molar-refractivity contribution in [2.24, 2.45) is 0 Å². The second-order valence-electron chi connectivity index (χ2n) is 7.00. The van der Waals surface area contributed by atoms with Gasteiger partial charge < -0.3 is 10.2 Å². The smallest absolute Gasteiger partial charge is 0.253 e. The molecule has 0 spiro atoms. The second kappa shape index (κ2) is 6.02. The Bertz CT molecular complexity index is 743. The van der Waals surface area contributed by atoms with E-state index < -0.39 is 0 Å². The van der Waals surface area contributed by atoms with Crippen molar-refractivity contribution < 1.29 is 4.79 Å². The number of fused-ring (bicyclic) bond motifs is 2. The summed E-state index contributed by atoms with van der Waals surface area (Å²) >= 11 is 0. The molecule has 2 atom stereocenters. The van der Waals surface area contributed by atoms with E-state index in [-0.39, 0.29) is 5.91 Å². The van der Waals surface area contributed by atoms with Gasteiger partial charge in [0, 0.05) is 36.3 Å². The predicted molar refractivity (Wildman–Crippen MR) is 91.6 cm³/mol. The number of H-pyrrole nitrogens is 1. The quantitative estimate of drug-likeness (QED) is 0.907. The molecule has 126 valence electrons. The van der Waals surface area contributed by atoms with Crippen LogP contribution in [-0.4, -0.2) is 51.2 Å². The van der Waals surface area contributed by atoms with Crippen molar-refractivity contribution in [2.45, 2.75) is 50.7 Å². The fraction of sp³-hybridized carbons (Fsp3) is 0.500. The Kier molecular flexibility index (Phi) is 3.84. The van der Waals surface area contributed by atoms with E-state index in [2.05, 4.69) is 20.5 Å². The number of rotatable bonds is 3. The molecule has 2 saturated heterocycles. The number of carbonyl (C=O) groups is 1. The van der Waals surface area contributed by atoms with Crippen LogP contribution in [0.25, 0.3) is 11.4 Å². The number of benzene rings is 1. The Balaban J connectivity index is 1.53. The molecule has 2 fully saturated rings. The number of amides is 1. The highest BCUT2D eigenvalue weighted by Gasteiger charge is 2.36. The number of aromatic nitrogens is 3. The molecular weight excluding hydrogens is 302 g/mol. The van der Waals surface area contributed by atoms with Crippen LogP contribution in [0.2, 0.25) is 0 Å². The third kappa shape index (κ3) is 2.82. The first-order valence-corrected chi connectivity index (χ1v) is 8.63. The van der Waals surface area contributed by atoms with Gasteiger partial charge in [-0.1, -0.05) is 12.1 Å². The average molecular weight is 325 g/mol. The summed E-state index contributed by atoms with van der Waals surface area (Å²) in [5, 5.41) is 10.7. The molecule has 0 saturated carbocycles. The summed E-state index contributed by atoms with van der Waals surface area (Å²) in [6.07, 6.45) is 4.59. The summed E-state index contributed by atoms with van der Waals surface area (Å²) in [6, 6.07) is 9.07.